The first-order valence-electron chi connectivity index (χ1n) is 6.41. The maximum absolute atomic E-state index is 5.72. The first-order chi connectivity index (χ1) is 8.33. The molecule has 0 radical (unpaired) electrons. The van der Waals surface area contributed by atoms with Crippen LogP contribution in [-0.2, 0) is 13.0 Å². The summed E-state index contributed by atoms with van der Waals surface area (Å²) < 4.78 is 5.28. The van der Waals surface area contributed by atoms with Crippen molar-refractivity contribution in [3.63, 3.8) is 0 Å². The molecule has 0 aliphatic carbocycles. The molecule has 0 bridgehead atoms. The number of hydrogen-bond donors (Lipinski definition) is 1. The molecule has 0 amide bonds. The van der Waals surface area contributed by atoms with E-state index in [-0.39, 0.29) is 0 Å². The summed E-state index contributed by atoms with van der Waals surface area (Å²) >= 11 is 0. The Morgan fingerprint density at radius 1 is 1.29 bits per heavy atom. The van der Waals surface area contributed by atoms with Gasteiger partial charge in [0, 0.05) is 18.7 Å². The van der Waals surface area contributed by atoms with Crippen molar-refractivity contribution in [3.05, 3.63) is 29.3 Å². The molecule has 0 aromatic heterocycles. The molecule has 1 saturated heterocycles. The molecule has 17 heavy (non-hydrogen) atoms. The standard InChI is InChI=1S/C14H22N2O/c1-17-14-5-4-12(10-13(14)11-15)6-9-16-7-2-3-8-16/h4-5,10H,2-3,6-9,11,15H2,1H3. The molecular weight excluding hydrogens is 212 g/mol. The largest absolute Gasteiger partial charge is 0.496 e. The van der Waals surface area contributed by atoms with Gasteiger partial charge < -0.3 is 15.4 Å². The van der Waals surface area contributed by atoms with Gasteiger partial charge in [0.15, 0.2) is 0 Å². The van der Waals surface area contributed by atoms with Crippen molar-refractivity contribution < 1.29 is 4.74 Å². The average molecular weight is 234 g/mol. The lowest BCUT2D eigenvalue weighted by Crippen LogP contribution is -2.22. The van der Waals surface area contributed by atoms with Crippen molar-refractivity contribution in [1.29, 1.82) is 0 Å². The molecule has 1 aliphatic heterocycles. The first kappa shape index (κ1) is 12.4. The summed E-state index contributed by atoms with van der Waals surface area (Å²) in [6.45, 7) is 4.23. The van der Waals surface area contributed by atoms with Crippen molar-refractivity contribution in [2.45, 2.75) is 25.8 Å². The van der Waals surface area contributed by atoms with Crippen LogP contribution in [0.15, 0.2) is 18.2 Å². The molecule has 0 unspecified atom stereocenters. The molecule has 0 spiro atoms. The van der Waals surface area contributed by atoms with Crippen molar-refractivity contribution in [3.8, 4) is 5.75 Å². The highest BCUT2D eigenvalue weighted by Gasteiger charge is 2.11. The molecule has 1 aromatic rings. The lowest BCUT2D eigenvalue weighted by molar-refractivity contribution is 0.343. The Morgan fingerprint density at radius 2 is 2.06 bits per heavy atom. The highest BCUT2D eigenvalue weighted by atomic mass is 16.5. The molecule has 1 fully saturated rings. The molecule has 1 aromatic carbocycles. The van der Waals surface area contributed by atoms with Crippen LogP contribution in [0.4, 0.5) is 0 Å². The molecule has 0 atom stereocenters. The molecule has 1 aliphatic rings. The Bertz CT molecular complexity index is 359. The van der Waals surface area contributed by atoms with Gasteiger partial charge in [0.25, 0.3) is 0 Å². The van der Waals surface area contributed by atoms with Crippen LogP contribution in [0, 0.1) is 0 Å². The van der Waals surface area contributed by atoms with E-state index < -0.39 is 0 Å². The normalized spacial score (nSPS) is 16.4. The molecular formula is C14H22N2O. The minimum absolute atomic E-state index is 0.542. The zero-order valence-electron chi connectivity index (χ0n) is 10.6. The maximum atomic E-state index is 5.72. The molecule has 2 N–H and O–H groups in total. The van der Waals surface area contributed by atoms with E-state index in [0.29, 0.717) is 6.54 Å². The third-order valence-electron chi connectivity index (χ3n) is 3.48. The number of methoxy groups -OCH3 is 1. The molecule has 94 valence electrons. The van der Waals surface area contributed by atoms with Gasteiger partial charge in [0.1, 0.15) is 5.75 Å². The minimum Gasteiger partial charge on any atom is -0.496 e. The molecule has 2 rings (SSSR count). The van der Waals surface area contributed by atoms with Crippen molar-refractivity contribution in [2.24, 2.45) is 5.73 Å². The minimum atomic E-state index is 0.542. The smallest absolute Gasteiger partial charge is 0.123 e. The number of hydrogen-bond acceptors (Lipinski definition) is 3. The van der Waals surface area contributed by atoms with E-state index in [4.69, 9.17) is 10.5 Å². The van der Waals surface area contributed by atoms with Crippen LogP contribution < -0.4 is 10.5 Å². The number of benzene rings is 1. The Balaban J connectivity index is 1.95. The second-order valence-electron chi connectivity index (χ2n) is 4.65. The SMILES string of the molecule is COc1ccc(CCN2CCCC2)cc1CN. The fourth-order valence-corrected chi connectivity index (χ4v) is 2.44. The van der Waals surface area contributed by atoms with Crippen molar-refractivity contribution in [1.82, 2.24) is 4.90 Å². The van der Waals surface area contributed by atoms with Gasteiger partial charge in [0.2, 0.25) is 0 Å². The van der Waals surface area contributed by atoms with Crippen LogP contribution >= 0.6 is 0 Å². The maximum Gasteiger partial charge on any atom is 0.123 e. The third-order valence-corrected chi connectivity index (χ3v) is 3.48. The second-order valence-corrected chi connectivity index (χ2v) is 4.65. The van der Waals surface area contributed by atoms with Gasteiger partial charge in [-0.05, 0) is 44.0 Å². The fourth-order valence-electron chi connectivity index (χ4n) is 2.44. The Morgan fingerprint density at radius 3 is 2.71 bits per heavy atom. The number of nitrogens with zero attached hydrogens (tertiary/aromatic N) is 1. The van der Waals surface area contributed by atoms with E-state index >= 15 is 0 Å². The number of likely N-dealkylation sites (tertiary alicyclic amines) is 1. The summed E-state index contributed by atoms with van der Waals surface area (Å²) in [7, 11) is 1.69. The van der Waals surface area contributed by atoms with E-state index in [0.717, 1.165) is 24.3 Å². The van der Waals surface area contributed by atoms with Gasteiger partial charge in [-0.25, -0.2) is 0 Å². The summed E-state index contributed by atoms with van der Waals surface area (Å²) in [6, 6.07) is 6.35. The van der Waals surface area contributed by atoms with Crippen LogP contribution in [0.5, 0.6) is 5.75 Å². The molecule has 3 nitrogen and oxygen atoms in total. The van der Waals surface area contributed by atoms with Gasteiger partial charge >= 0.3 is 0 Å². The van der Waals surface area contributed by atoms with Gasteiger partial charge in [-0.3, -0.25) is 0 Å². The van der Waals surface area contributed by atoms with Crippen LogP contribution in [0.3, 0.4) is 0 Å². The van der Waals surface area contributed by atoms with Crippen LogP contribution in [0.2, 0.25) is 0 Å². The Hall–Kier alpha value is -1.06. The van der Waals surface area contributed by atoms with E-state index in [9.17, 15) is 0 Å². The van der Waals surface area contributed by atoms with Gasteiger partial charge in [0.05, 0.1) is 7.11 Å². The summed E-state index contributed by atoms with van der Waals surface area (Å²) in [4.78, 5) is 2.53. The van der Waals surface area contributed by atoms with Gasteiger partial charge in [-0.1, -0.05) is 12.1 Å². The number of nitrogens with two attached hydrogens (primary N) is 1. The predicted octanol–water partition coefficient (Wildman–Crippen LogP) is 1.79. The monoisotopic (exact) mass is 234 g/mol. The van der Waals surface area contributed by atoms with E-state index in [1.165, 1.54) is 31.5 Å². The highest BCUT2D eigenvalue weighted by Crippen LogP contribution is 2.20. The van der Waals surface area contributed by atoms with Gasteiger partial charge in [-0.15, -0.1) is 0 Å². The van der Waals surface area contributed by atoms with E-state index in [1.54, 1.807) is 7.11 Å². The Kier molecular flexibility index (Phi) is 4.40. The fraction of sp³-hybridized carbons (Fsp3) is 0.571. The van der Waals surface area contributed by atoms with Gasteiger partial charge in [-0.2, -0.15) is 0 Å². The quantitative estimate of drug-likeness (QED) is 0.844. The van der Waals surface area contributed by atoms with Crippen LogP contribution in [0.25, 0.3) is 0 Å². The third kappa shape index (κ3) is 3.20. The number of ether oxygens (including phenoxy) is 1. The predicted molar refractivity (Wildman–Crippen MR) is 70.3 cm³/mol. The molecule has 3 heteroatoms. The highest BCUT2D eigenvalue weighted by molar-refractivity contribution is 5.37. The van der Waals surface area contributed by atoms with Crippen molar-refractivity contribution >= 4 is 0 Å². The lowest BCUT2D eigenvalue weighted by atomic mass is 10.1. The average Bonchev–Trinajstić information content (AvgIpc) is 2.89. The first-order valence-corrected chi connectivity index (χ1v) is 6.41. The van der Waals surface area contributed by atoms with E-state index in [1.807, 2.05) is 6.07 Å². The van der Waals surface area contributed by atoms with Crippen LogP contribution in [0.1, 0.15) is 24.0 Å². The van der Waals surface area contributed by atoms with Crippen molar-refractivity contribution in [2.75, 3.05) is 26.7 Å². The topological polar surface area (TPSA) is 38.5 Å². The second kappa shape index (κ2) is 6.03. The van der Waals surface area contributed by atoms with Crippen LogP contribution in [-0.4, -0.2) is 31.6 Å². The Labute approximate surface area is 104 Å². The summed E-state index contributed by atoms with van der Waals surface area (Å²) in [5, 5.41) is 0. The lowest BCUT2D eigenvalue weighted by Gasteiger charge is -2.15. The van der Waals surface area contributed by atoms with E-state index in [2.05, 4.69) is 17.0 Å². The number of rotatable bonds is 5. The summed E-state index contributed by atoms with van der Waals surface area (Å²) in [5.74, 6) is 0.900. The summed E-state index contributed by atoms with van der Waals surface area (Å²) in [6.07, 6.45) is 3.82. The molecule has 0 saturated carbocycles. The zero-order chi connectivity index (χ0) is 12.1. The molecule has 1 heterocycles. The zero-order valence-corrected chi connectivity index (χ0v) is 10.6. The summed E-state index contributed by atoms with van der Waals surface area (Å²) in [5.41, 5.74) is 8.19.